The molecule has 1 saturated heterocycles. The highest BCUT2D eigenvalue weighted by Gasteiger charge is 2.62. The summed E-state index contributed by atoms with van der Waals surface area (Å²) >= 11 is 0. The third-order valence-corrected chi connectivity index (χ3v) is 13.4. The fourth-order valence-electron chi connectivity index (χ4n) is 5.44. The summed E-state index contributed by atoms with van der Waals surface area (Å²) in [7, 11) is -2.22. The molecule has 1 saturated carbocycles. The van der Waals surface area contributed by atoms with Gasteiger partial charge in [0.25, 0.3) is 0 Å². The van der Waals surface area contributed by atoms with Crippen molar-refractivity contribution in [3.8, 4) is 0 Å². The highest BCUT2D eigenvalue weighted by atomic mass is 28.4. The molecule has 1 aliphatic carbocycles. The Hall–Kier alpha value is -2.40. The standard InChI is InChI=1S/C31H53N3O7Si/c1-10-39-27(37)31-19-21(31)16-14-12-11-13-15-17-23(32-28(38)40-29(2,3)4)26(36)34-20-22(18-24(34)25(35)33-31)41-42(8,9)30(5,6)7/h14,16,21-24H,10-13,15,17-20H2,1-9H3,(H,32,38)(H,33,35)/b16-14+. The molecular weight excluding hydrogens is 554 g/mol. The van der Waals surface area contributed by atoms with E-state index in [2.05, 4.69) is 50.6 Å². The lowest BCUT2D eigenvalue weighted by Gasteiger charge is -2.38. The van der Waals surface area contributed by atoms with E-state index < -0.39 is 49.5 Å². The molecule has 238 valence electrons. The van der Waals surface area contributed by atoms with Crippen LogP contribution in [-0.4, -0.2) is 79.6 Å². The zero-order valence-corrected chi connectivity index (χ0v) is 28.1. The number of carbonyl (C=O) groups excluding carboxylic acids is 4. The third-order valence-electron chi connectivity index (χ3n) is 8.84. The Labute approximate surface area is 252 Å². The number of rotatable bonds is 5. The lowest BCUT2D eigenvalue weighted by atomic mass is 10.0. The zero-order chi connectivity index (χ0) is 31.5. The van der Waals surface area contributed by atoms with Crippen LogP contribution in [-0.2, 0) is 28.3 Å². The van der Waals surface area contributed by atoms with E-state index in [4.69, 9.17) is 13.9 Å². The number of fused-ring (bicyclic) bond motifs is 2. The smallest absolute Gasteiger partial charge is 0.408 e. The highest BCUT2D eigenvalue weighted by Crippen LogP contribution is 2.46. The second kappa shape index (κ2) is 13.1. The van der Waals surface area contributed by atoms with Crippen LogP contribution in [0, 0.1) is 5.92 Å². The topological polar surface area (TPSA) is 123 Å². The molecule has 0 aromatic carbocycles. The van der Waals surface area contributed by atoms with Gasteiger partial charge in [0, 0.05) is 18.9 Å². The van der Waals surface area contributed by atoms with Crippen LogP contribution in [0.5, 0.6) is 0 Å². The lowest BCUT2D eigenvalue weighted by molar-refractivity contribution is -0.150. The van der Waals surface area contributed by atoms with Gasteiger partial charge in [-0.25, -0.2) is 9.59 Å². The number of hydrogen-bond donors (Lipinski definition) is 2. The lowest BCUT2D eigenvalue weighted by Crippen LogP contribution is -2.56. The number of esters is 1. The van der Waals surface area contributed by atoms with Crippen molar-refractivity contribution in [1.82, 2.24) is 15.5 Å². The Morgan fingerprint density at radius 1 is 1.12 bits per heavy atom. The molecule has 2 aliphatic heterocycles. The zero-order valence-electron chi connectivity index (χ0n) is 27.1. The van der Waals surface area contributed by atoms with E-state index in [0.717, 1.165) is 25.7 Å². The predicted octanol–water partition coefficient (Wildman–Crippen LogP) is 4.83. The molecule has 0 aromatic heterocycles. The summed E-state index contributed by atoms with van der Waals surface area (Å²) in [6.07, 6.45) is 7.57. The van der Waals surface area contributed by atoms with E-state index in [1.165, 1.54) is 0 Å². The summed E-state index contributed by atoms with van der Waals surface area (Å²) in [5, 5.41) is 5.73. The van der Waals surface area contributed by atoms with Crippen LogP contribution in [0.1, 0.15) is 93.4 Å². The maximum atomic E-state index is 14.2. The predicted molar refractivity (Wildman–Crippen MR) is 163 cm³/mol. The van der Waals surface area contributed by atoms with E-state index in [1.54, 1.807) is 32.6 Å². The Morgan fingerprint density at radius 3 is 2.43 bits per heavy atom. The molecule has 5 unspecified atom stereocenters. The summed E-state index contributed by atoms with van der Waals surface area (Å²) in [6.45, 7) is 18.2. The van der Waals surface area contributed by atoms with Crippen LogP contribution in [0.15, 0.2) is 12.2 Å². The molecule has 0 bridgehead atoms. The molecule has 2 N–H and O–H groups in total. The fourth-order valence-corrected chi connectivity index (χ4v) is 6.79. The number of nitrogens with one attached hydrogen (secondary N) is 2. The van der Waals surface area contributed by atoms with E-state index in [0.29, 0.717) is 19.3 Å². The Balaban J connectivity index is 1.95. The van der Waals surface area contributed by atoms with Gasteiger partial charge in [0.05, 0.1) is 12.7 Å². The molecule has 0 spiro atoms. The largest absolute Gasteiger partial charge is 0.464 e. The fraction of sp³-hybridized carbons (Fsp3) is 0.806. The first-order valence-corrected chi connectivity index (χ1v) is 18.4. The molecule has 0 radical (unpaired) electrons. The summed E-state index contributed by atoms with van der Waals surface area (Å²) in [4.78, 5) is 55.5. The number of nitrogens with zero attached hydrogens (tertiary/aromatic N) is 1. The monoisotopic (exact) mass is 607 g/mol. The molecule has 2 heterocycles. The average molecular weight is 608 g/mol. The number of hydrogen-bond acceptors (Lipinski definition) is 7. The second-order valence-corrected chi connectivity index (χ2v) is 19.3. The van der Waals surface area contributed by atoms with E-state index in [9.17, 15) is 19.2 Å². The van der Waals surface area contributed by atoms with Gasteiger partial charge in [0.2, 0.25) is 11.8 Å². The Bertz CT molecular complexity index is 1050. The third kappa shape index (κ3) is 8.36. The van der Waals surface area contributed by atoms with Crippen molar-refractivity contribution in [2.75, 3.05) is 13.2 Å². The normalized spacial score (nSPS) is 30.2. The molecule has 0 aromatic rings. The van der Waals surface area contributed by atoms with Crippen molar-refractivity contribution in [2.45, 2.75) is 141 Å². The molecule has 3 amide bonds. The van der Waals surface area contributed by atoms with Gasteiger partial charge >= 0.3 is 12.1 Å². The summed E-state index contributed by atoms with van der Waals surface area (Å²) < 4.78 is 17.5. The van der Waals surface area contributed by atoms with E-state index in [-0.39, 0.29) is 36.1 Å². The number of carbonyl (C=O) groups is 4. The number of amides is 3. The quantitative estimate of drug-likeness (QED) is 0.261. The van der Waals surface area contributed by atoms with Crippen molar-refractivity contribution in [3.05, 3.63) is 12.2 Å². The molecule has 5 atom stereocenters. The molecular formula is C31H53N3O7Si. The van der Waals surface area contributed by atoms with Crippen LogP contribution in [0.2, 0.25) is 18.1 Å². The van der Waals surface area contributed by atoms with Crippen molar-refractivity contribution < 1.29 is 33.1 Å². The number of allylic oxidation sites excluding steroid dienone is 1. The first kappa shape index (κ1) is 34.1. The Kier molecular flexibility index (Phi) is 10.6. The van der Waals surface area contributed by atoms with Crippen molar-refractivity contribution in [2.24, 2.45) is 5.92 Å². The number of alkyl carbamates (subject to hydrolysis) is 1. The minimum absolute atomic E-state index is 0.0573. The highest BCUT2D eigenvalue weighted by molar-refractivity contribution is 6.74. The van der Waals surface area contributed by atoms with Crippen LogP contribution in [0.3, 0.4) is 0 Å². The molecule has 3 aliphatic rings. The first-order valence-electron chi connectivity index (χ1n) is 15.5. The Morgan fingerprint density at radius 2 is 1.81 bits per heavy atom. The maximum absolute atomic E-state index is 14.2. The average Bonchev–Trinajstić information content (AvgIpc) is 3.38. The van der Waals surface area contributed by atoms with Gasteiger partial charge in [0.1, 0.15) is 23.2 Å². The molecule has 11 heteroatoms. The molecule has 42 heavy (non-hydrogen) atoms. The molecule has 3 rings (SSSR count). The van der Waals surface area contributed by atoms with Gasteiger partial charge in [-0.15, -0.1) is 0 Å². The van der Waals surface area contributed by atoms with Gasteiger partial charge in [-0.1, -0.05) is 45.8 Å². The van der Waals surface area contributed by atoms with Gasteiger partial charge in [-0.2, -0.15) is 0 Å². The van der Waals surface area contributed by atoms with Crippen LogP contribution >= 0.6 is 0 Å². The van der Waals surface area contributed by atoms with Gasteiger partial charge in [0.15, 0.2) is 8.32 Å². The summed E-state index contributed by atoms with van der Waals surface area (Å²) in [6, 6.07) is -1.70. The van der Waals surface area contributed by atoms with Gasteiger partial charge in [-0.05, 0) is 71.5 Å². The van der Waals surface area contributed by atoms with Crippen LogP contribution in [0.4, 0.5) is 4.79 Å². The van der Waals surface area contributed by atoms with Gasteiger partial charge < -0.3 is 29.4 Å². The SMILES string of the molecule is CCOC(=O)C12CC1/C=C/CCCCCC(NC(=O)OC(C)(C)C)C(=O)N1CC(O[Si](C)(C)C(C)(C)C)CC1C(=O)N2. The van der Waals surface area contributed by atoms with Crippen LogP contribution in [0.25, 0.3) is 0 Å². The minimum Gasteiger partial charge on any atom is -0.464 e. The van der Waals surface area contributed by atoms with E-state index in [1.807, 2.05) is 6.08 Å². The van der Waals surface area contributed by atoms with Gasteiger partial charge in [-0.3, -0.25) is 9.59 Å². The van der Waals surface area contributed by atoms with E-state index >= 15 is 0 Å². The minimum atomic E-state index is -2.22. The van der Waals surface area contributed by atoms with Crippen LogP contribution < -0.4 is 10.6 Å². The second-order valence-electron chi connectivity index (χ2n) is 14.5. The first-order chi connectivity index (χ1) is 19.4. The molecule has 2 fully saturated rings. The maximum Gasteiger partial charge on any atom is 0.408 e. The summed E-state index contributed by atoms with van der Waals surface area (Å²) in [5.74, 6) is -1.35. The number of ether oxygens (including phenoxy) is 2. The molecule has 10 nitrogen and oxygen atoms in total. The van der Waals surface area contributed by atoms with Crippen molar-refractivity contribution >= 4 is 32.2 Å². The van der Waals surface area contributed by atoms with Crippen molar-refractivity contribution in [1.29, 1.82) is 0 Å². The summed E-state index contributed by atoms with van der Waals surface area (Å²) in [5.41, 5.74) is -1.86. The van der Waals surface area contributed by atoms with Crippen molar-refractivity contribution in [3.63, 3.8) is 0 Å².